The van der Waals surface area contributed by atoms with Crippen molar-refractivity contribution in [3.8, 4) is 0 Å². The monoisotopic (exact) mass is 276 g/mol. The Morgan fingerprint density at radius 2 is 2.10 bits per heavy atom. The van der Waals surface area contributed by atoms with E-state index in [2.05, 4.69) is 10.3 Å². The fourth-order valence-electron chi connectivity index (χ4n) is 2.57. The molecule has 1 aliphatic rings. The molecule has 0 radical (unpaired) electrons. The van der Waals surface area contributed by atoms with Gasteiger partial charge in [0.25, 0.3) is 5.56 Å². The van der Waals surface area contributed by atoms with Crippen LogP contribution < -0.4 is 16.6 Å². The molecule has 20 heavy (non-hydrogen) atoms. The molecule has 0 saturated heterocycles. The summed E-state index contributed by atoms with van der Waals surface area (Å²) in [5, 5.41) is 3.25. The Balaban J connectivity index is 1.98. The molecule has 3 N–H and O–H groups in total. The number of pyridine rings is 1. The number of hydrogen-bond acceptors (Lipinski definition) is 2. The van der Waals surface area contributed by atoms with Gasteiger partial charge in [-0.05, 0) is 31.9 Å². The van der Waals surface area contributed by atoms with Crippen molar-refractivity contribution in [3.05, 3.63) is 33.7 Å². The molecule has 2 rings (SSSR count). The van der Waals surface area contributed by atoms with Crippen LogP contribution in [0.1, 0.15) is 43.4 Å². The van der Waals surface area contributed by atoms with Gasteiger partial charge in [0.1, 0.15) is 0 Å². The maximum absolute atomic E-state index is 12.0. The maximum Gasteiger partial charge on any atom is 0.255 e. The van der Waals surface area contributed by atoms with Crippen LogP contribution in [0.5, 0.6) is 0 Å². The number of hydrogen-bond donors (Lipinski definition) is 2. The second kappa shape index (κ2) is 6.59. The zero-order valence-electron chi connectivity index (χ0n) is 12.4. The van der Waals surface area contributed by atoms with E-state index in [1.807, 2.05) is 19.1 Å². The van der Waals surface area contributed by atoms with Crippen molar-refractivity contribution in [2.75, 3.05) is 0 Å². The summed E-state index contributed by atoms with van der Waals surface area (Å²) in [5.74, 6) is 0.444. The number of nitrogens with one attached hydrogen (secondary N) is 1. The van der Waals surface area contributed by atoms with Gasteiger partial charge in [-0.25, -0.2) is 4.99 Å². The van der Waals surface area contributed by atoms with Gasteiger partial charge >= 0.3 is 0 Å². The number of guanidine groups is 1. The van der Waals surface area contributed by atoms with Crippen LogP contribution in [0.2, 0.25) is 0 Å². The van der Waals surface area contributed by atoms with Crippen LogP contribution in [0.3, 0.4) is 0 Å². The van der Waals surface area contributed by atoms with E-state index >= 15 is 0 Å². The van der Waals surface area contributed by atoms with Crippen LogP contribution in [0.4, 0.5) is 0 Å². The highest BCUT2D eigenvalue weighted by atomic mass is 16.1. The molecular formula is C15H24N4O. The zero-order valence-corrected chi connectivity index (χ0v) is 12.4. The molecule has 0 aliphatic heterocycles. The zero-order chi connectivity index (χ0) is 14.5. The molecule has 110 valence electrons. The molecule has 0 atom stereocenters. The van der Waals surface area contributed by atoms with E-state index in [1.54, 1.807) is 11.6 Å². The quantitative estimate of drug-likeness (QED) is 0.648. The average molecular weight is 276 g/mol. The first-order valence-corrected chi connectivity index (χ1v) is 7.30. The van der Waals surface area contributed by atoms with E-state index in [4.69, 9.17) is 5.73 Å². The standard InChI is InChI=1S/C15H24N4O/c1-11-8-9-12(14(20)19(11)2)10-17-15(16)18-13-6-4-3-5-7-13/h8-9,13H,3-7,10H2,1-2H3,(H3,16,17,18). The molecule has 1 fully saturated rings. The van der Waals surface area contributed by atoms with Gasteiger partial charge in [0, 0.05) is 24.3 Å². The van der Waals surface area contributed by atoms with E-state index in [9.17, 15) is 4.79 Å². The number of rotatable bonds is 3. The minimum absolute atomic E-state index is 0.000726. The van der Waals surface area contributed by atoms with Crippen LogP contribution in [-0.4, -0.2) is 16.6 Å². The van der Waals surface area contributed by atoms with Crippen molar-refractivity contribution in [3.63, 3.8) is 0 Å². The summed E-state index contributed by atoms with van der Waals surface area (Å²) in [7, 11) is 1.77. The third-order valence-electron chi connectivity index (χ3n) is 4.01. The lowest BCUT2D eigenvalue weighted by Crippen LogP contribution is -2.41. The molecule has 0 bridgehead atoms. The van der Waals surface area contributed by atoms with E-state index in [0.717, 1.165) is 18.5 Å². The highest BCUT2D eigenvalue weighted by Gasteiger charge is 2.13. The lowest BCUT2D eigenvalue weighted by atomic mass is 9.96. The molecular weight excluding hydrogens is 252 g/mol. The molecule has 5 nitrogen and oxygen atoms in total. The van der Waals surface area contributed by atoms with Crippen LogP contribution >= 0.6 is 0 Å². The maximum atomic E-state index is 12.0. The fourth-order valence-corrected chi connectivity index (χ4v) is 2.57. The molecule has 0 amide bonds. The molecule has 5 heteroatoms. The van der Waals surface area contributed by atoms with E-state index in [0.29, 0.717) is 24.1 Å². The number of aliphatic imine (C=N–C) groups is 1. The second-order valence-electron chi connectivity index (χ2n) is 5.54. The van der Waals surface area contributed by atoms with E-state index in [1.165, 1.54) is 19.3 Å². The highest BCUT2D eigenvalue weighted by molar-refractivity contribution is 5.78. The molecule has 0 spiro atoms. The summed E-state index contributed by atoms with van der Waals surface area (Å²) < 4.78 is 1.63. The summed E-state index contributed by atoms with van der Waals surface area (Å²) in [4.78, 5) is 16.3. The lowest BCUT2D eigenvalue weighted by molar-refractivity contribution is 0.412. The van der Waals surface area contributed by atoms with Gasteiger partial charge in [-0.1, -0.05) is 19.3 Å². The predicted molar refractivity (Wildman–Crippen MR) is 81.8 cm³/mol. The Hall–Kier alpha value is -1.78. The minimum Gasteiger partial charge on any atom is -0.370 e. The van der Waals surface area contributed by atoms with Crippen LogP contribution in [-0.2, 0) is 13.6 Å². The second-order valence-corrected chi connectivity index (χ2v) is 5.54. The Morgan fingerprint density at radius 1 is 1.40 bits per heavy atom. The van der Waals surface area contributed by atoms with Gasteiger partial charge in [-0.15, -0.1) is 0 Å². The van der Waals surface area contributed by atoms with Gasteiger partial charge in [0.2, 0.25) is 0 Å². The Labute approximate surface area is 119 Å². The molecule has 1 aromatic rings. The third kappa shape index (κ3) is 3.62. The average Bonchev–Trinajstić information content (AvgIpc) is 2.45. The van der Waals surface area contributed by atoms with Gasteiger partial charge in [0.05, 0.1) is 6.54 Å². The van der Waals surface area contributed by atoms with Crippen molar-refractivity contribution in [2.45, 2.75) is 51.6 Å². The summed E-state index contributed by atoms with van der Waals surface area (Å²) >= 11 is 0. The Morgan fingerprint density at radius 3 is 2.80 bits per heavy atom. The number of aromatic nitrogens is 1. The van der Waals surface area contributed by atoms with Crippen molar-refractivity contribution in [1.29, 1.82) is 0 Å². The fraction of sp³-hybridized carbons (Fsp3) is 0.600. The van der Waals surface area contributed by atoms with Crippen molar-refractivity contribution < 1.29 is 0 Å². The Bertz CT molecular complexity index is 541. The van der Waals surface area contributed by atoms with E-state index in [-0.39, 0.29) is 5.56 Å². The number of aryl methyl sites for hydroxylation is 1. The lowest BCUT2D eigenvalue weighted by Gasteiger charge is -2.23. The smallest absolute Gasteiger partial charge is 0.255 e. The van der Waals surface area contributed by atoms with E-state index < -0.39 is 0 Å². The van der Waals surface area contributed by atoms with Crippen LogP contribution in [0.25, 0.3) is 0 Å². The van der Waals surface area contributed by atoms with Gasteiger partial charge in [-0.3, -0.25) is 4.79 Å². The van der Waals surface area contributed by atoms with Crippen molar-refractivity contribution in [1.82, 2.24) is 9.88 Å². The minimum atomic E-state index is -0.000726. The Kier molecular flexibility index (Phi) is 4.82. The highest BCUT2D eigenvalue weighted by Crippen LogP contribution is 2.17. The summed E-state index contributed by atoms with van der Waals surface area (Å²) in [5.41, 5.74) is 7.51. The first-order valence-electron chi connectivity index (χ1n) is 7.30. The van der Waals surface area contributed by atoms with Gasteiger partial charge in [-0.2, -0.15) is 0 Å². The van der Waals surface area contributed by atoms with Crippen molar-refractivity contribution >= 4 is 5.96 Å². The van der Waals surface area contributed by atoms with Crippen LogP contribution in [0.15, 0.2) is 21.9 Å². The normalized spacial score (nSPS) is 17.2. The van der Waals surface area contributed by atoms with Crippen LogP contribution in [0, 0.1) is 6.92 Å². The predicted octanol–water partition coefficient (Wildman–Crippen LogP) is 1.43. The largest absolute Gasteiger partial charge is 0.370 e. The molecule has 1 saturated carbocycles. The van der Waals surface area contributed by atoms with Gasteiger partial charge < -0.3 is 15.6 Å². The van der Waals surface area contributed by atoms with Gasteiger partial charge in [0.15, 0.2) is 5.96 Å². The number of nitrogens with two attached hydrogens (primary N) is 1. The molecule has 1 aliphatic carbocycles. The molecule has 0 unspecified atom stereocenters. The number of nitrogens with zero attached hydrogens (tertiary/aromatic N) is 2. The molecule has 0 aromatic carbocycles. The topological polar surface area (TPSA) is 72.4 Å². The molecule has 1 aromatic heterocycles. The van der Waals surface area contributed by atoms with Crippen molar-refractivity contribution in [2.24, 2.45) is 17.8 Å². The first kappa shape index (κ1) is 14.6. The first-order chi connectivity index (χ1) is 9.58. The summed E-state index contributed by atoms with van der Waals surface area (Å²) in [6.45, 7) is 2.24. The summed E-state index contributed by atoms with van der Waals surface area (Å²) in [6.07, 6.45) is 6.13. The molecule has 1 heterocycles. The third-order valence-corrected chi connectivity index (χ3v) is 4.01. The summed E-state index contributed by atoms with van der Waals surface area (Å²) in [6, 6.07) is 4.19. The SMILES string of the molecule is Cc1ccc(CN=C(N)NC2CCCCC2)c(=O)n1C.